The van der Waals surface area contributed by atoms with Gasteiger partial charge >= 0.3 is 0 Å². The maximum absolute atomic E-state index is 12.4. The Morgan fingerprint density at radius 3 is 2.32 bits per heavy atom. The van der Waals surface area contributed by atoms with Gasteiger partial charge in [0.05, 0.1) is 21.2 Å². The number of benzene rings is 2. The lowest BCUT2D eigenvalue weighted by Crippen LogP contribution is -2.27. The number of hydrogen-bond acceptors (Lipinski definition) is 3. The molecule has 25 heavy (non-hydrogen) atoms. The highest BCUT2D eigenvalue weighted by atomic mass is 35.5. The first-order chi connectivity index (χ1) is 11.7. The number of amides is 1. The van der Waals surface area contributed by atoms with Crippen LogP contribution in [0.1, 0.15) is 29.8 Å². The molecular formula is C18H21ClN2O3S. The molecule has 0 aliphatic heterocycles. The van der Waals surface area contributed by atoms with E-state index in [0.29, 0.717) is 23.7 Å². The molecule has 134 valence electrons. The van der Waals surface area contributed by atoms with E-state index in [-0.39, 0.29) is 15.8 Å². The van der Waals surface area contributed by atoms with Crippen LogP contribution in [0.25, 0.3) is 0 Å². The molecule has 0 radical (unpaired) electrons. The van der Waals surface area contributed by atoms with Crippen LogP contribution in [0.15, 0.2) is 47.4 Å². The Morgan fingerprint density at radius 2 is 1.76 bits per heavy atom. The van der Waals surface area contributed by atoms with E-state index in [1.165, 1.54) is 30.3 Å². The Hall–Kier alpha value is -2.05. The second-order valence-corrected chi connectivity index (χ2v) is 8.31. The maximum atomic E-state index is 12.4. The standard InChI is InChI=1S/C18H21ClN2O3S/c1-12(2)11-20-18(22)16-9-6-14(10-17(16)19)21-25(23,24)15-7-4-13(3)5-8-15/h4-10,12,21H,11H2,1-3H3,(H,20,22). The van der Waals surface area contributed by atoms with Gasteiger partial charge in [-0.1, -0.05) is 43.1 Å². The summed E-state index contributed by atoms with van der Waals surface area (Å²) < 4.78 is 27.2. The molecule has 2 N–H and O–H groups in total. The molecule has 0 bridgehead atoms. The lowest BCUT2D eigenvalue weighted by atomic mass is 10.1. The minimum Gasteiger partial charge on any atom is -0.352 e. The quantitative estimate of drug-likeness (QED) is 0.799. The molecule has 0 aliphatic rings. The molecule has 7 heteroatoms. The van der Waals surface area contributed by atoms with Crippen LogP contribution in [0, 0.1) is 12.8 Å². The van der Waals surface area contributed by atoms with E-state index in [9.17, 15) is 13.2 Å². The second-order valence-electron chi connectivity index (χ2n) is 6.22. The number of carbonyl (C=O) groups is 1. The zero-order valence-electron chi connectivity index (χ0n) is 14.3. The summed E-state index contributed by atoms with van der Waals surface area (Å²) in [5.74, 6) is 0.0370. The van der Waals surface area contributed by atoms with Crippen molar-refractivity contribution in [3.63, 3.8) is 0 Å². The summed E-state index contributed by atoms with van der Waals surface area (Å²) in [5.41, 5.74) is 1.57. The van der Waals surface area contributed by atoms with Crippen LogP contribution in [-0.2, 0) is 10.0 Å². The highest BCUT2D eigenvalue weighted by Gasteiger charge is 2.16. The Morgan fingerprint density at radius 1 is 1.12 bits per heavy atom. The first kappa shape index (κ1) is 19.3. The summed E-state index contributed by atoms with van der Waals surface area (Å²) in [5, 5.41) is 2.96. The Bertz CT molecular complexity index is 862. The molecule has 0 atom stereocenters. The predicted molar refractivity (Wildman–Crippen MR) is 101 cm³/mol. The van der Waals surface area contributed by atoms with Gasteiger partial charge in [0.2, 0.25) is 0 Å². The first-order valence-electron chi connectivity index (χ1n) is 7.86. The van der Waals surface area contributed by atoms with E-state index in [1.54, 1.807) is 12.1 Å². The molecule has 2 aromatic rings. The predicted octanol–water partition coefficient (Wildman–Crippen LogP) is 3.84. The van der Waals surface area contributed by atoms with Gasteiger partial charge in [0.25, 0.3) is 15.9 Å². The third-order valence-electron chi connectivity index (χ3n) is 3.47. The van der Waals surface area contributed by atoms with Crippen LogP contribution in [-0.4, -0.2) is 20.9 Å². The molecule has 0 fully saturated rings. The van der Waals surface area contributed by atoms with Crippen molar-refractivity contribution in [1.82, 2.24) is 5.32 Å². The molecule has 2 aromatic carbocycles. The topological polar surface area (TPSA) is 75.3 Å². The van der Waals surface area contributed by atoms with Crippen LogP contribution >= 0.6 is 11.6 Å². The molecule has 2 rings (SSSR count). The smallest absolute Gasteiger partial charge is 0.261 e. The van der Waals surface area contributed by atoms with Crippen LogP contribution in [0.4, 0.5) is 5.69 Å². The SMILES string of the molecule is Cc1ccc(S(=O)(=O)Nc2ccc(C(=O)NCC(C)C)c(Cl)c2)cc1. The fourth-order valence-corrected chi connectivity index (χ4v) is 3.40. The normalized spacial score (nSPS) is 11.4. The first-order valence-corrected chi connectivity index (χ1v) is 9.72. The highest BCUT2D eigenvalue weighted by molar-refractivity contribution is 7.92. The molecular weight excluding hydrogens is 360 g/mol. The van der Waals surface area contributed by atoms with Gasteiger partial charge in [0.1, 0.15) is 0 Å². The van der Waals surface area contributed by atoms with Gasteiger partial charge in [-0.3, -0.25) is 9.52 Å². The third-order valence-corrected chi connectivity index (χ3v) is 5.18. The number of rotatable bonds is 6. The number of hydrogen-bond donors (Lipinski definition) is 2. The molecule has 0 aliphatic carbocycles. The van der Waals surface area contributed by atoms with E-state index in [2.05, 4.69) is 10.0 Å². The summed E-state index contributed by atoms with van der Waals surface area (Å²) in [4.78, 5) is 12.2. The van der Waals surface area contributed by atoms with Crippen LogP contribution in [0.2, 0.25) is 5.02 Å². The number of anilines is 1. The molecule has 0 aromatic heterocycles. The number of carbonyl (C=O) groups excluding carboxylic acids is 1. The van der Waals surface area contributed by atoms with Crippen LogP contribution < -0.4 is 10.0 Å². The van der Waals surface area contributed by atoms with Crippen molar-refractivity contribution < 1.29 is 13.2 Å². The lowest BCUT2D eigenvalue weighted by molar-refractivity contribution is 0.0949. The molecule has 0 unspecified atom stereocenters. The molecule has 0 saturated carbocycles. The molecule has 1 amide bonds. The zero-order valence-corrected chi connectivity index (χ0v) is 15.9. The van der Waals surface area contributed by atoms with E-state index >= 15 is 0 Å². The van der Waals surface area contributed by atoms with E-state index in [1.807, 2.05) is 20.8 Å². The van der Waals surface area contributed by atoms with Crippen molar-refractivity contribution in [3.05, 3.63) is 58.6 Å². The largest absolute Gasteiger partial charge is 0.352 e. The van der Waals surface area contributed by atoms with Gasteiger partial charge in [0, 0.05) is 6.54 Å². The Labute approximate surface area is 153 Å². The number of halogens is 1. The van der Waals surface area contributed by atoms with Gasteiger partial charge in [-0.25, -0.2) is 8.42 Å². The van der Waals surface area contributed by atoms with E-state index < -0.39 is 10.0 Å². The fraction of sp³-hybridized carbons (Fsp3) is 0.278. The van der Waals surface area contributed by atoms with Crippen molar-refractivity contribution in [2.75, 3.05) is 11.3 Å². The molecule has 0 heterocycles. The summed E-state index contributed by atoms with van der Waals surface area (Å²) in [6.45, 7) is 6.40. The minimum atomic E-state index is -3.71. The zero-order chi connectivity index (χ0) is 18.6. The van der Waals surface area contributed by atoms with Crippen molar-refractivity contribution in [3.8, 4) is 0 Å². The average Bonchev–Trinajstić information content (AvgIpc) is 2.52. The maximum Gasteiger partial charge on any atom is 0.261 e. The number of nitrogens with one attached hydrogen (secondary N) is 2. The highest BCUT2D eigenvalue weighted by Crippen LogP contribution is 2.23. The van der Waals surface area contributed by atoms with Gasteiger partial charge < -0.3 is 5.32 Å². The van der Waals surface area contributed by atoms with Gasteiger partial charge in [-0.05, 0) is 43.2 Å². The van der Waals surface area contributed by atoms with Gasteiger partial charge in [0.15, 0.2) is 0 Å². The Balaban J connectivity index is 2.17. The molecule has 0 spiro atoms. The van der Waals surface area contributed by atoms with Gasteiger partial charge in [-0.15, -0.1) is 0 Å². The van der Waals surface area contributed by atoms with Crippen molar-refractivity contribution >= 4 is 33.2 Å². The summed E-state index contributed by atoms with van der Waals surface area (Å²) >= 11 is 6.14. The summed E-state index contributed by atoms with van der Waals surface area (Å²) in [7, 11) is -3.71. The summed E-state index contributed by atoms with van der Waals surface area (Å²) in [6, 6.07) is 11.0. The molecule has 5 nitrogen and oxygen atoms in total. The van der Waals surface area contributed by atoms with Crippen LogP contribution in [0.5, 0.6) is 0 Å². The van der Waals surface area contributed by atoms with Crippen molar-refractivity contribution in [2.24, 2.45) is 5.92 Å². The monoisotopic (exact) mass is 380 g/mol. The molecule has 0 saturated heterocycles. The Kier molecular flexibility index (Phi) is 6.08. The minimum absolute atomic E-state index is 0.160. The van der Waals surface area contributed by atoms with Gasteiger partial charge in [-0.2, -0.15) is 0 Å². The average molecular weight is 381 g/mol. The van der Waals surface area contributed by atoms with Crippen molar-refractivity contribution in [1.29, 1.82) is 0 Å². The number of aryl methyl sites for hydroxylation is 1. The lowest BCUT2D eigenvalue weighted by Gasteiger charge is -2.12. The third kappa shape index (κ3) is 5.21. The van der Waals surface area contributed by atoms with Crippen molar-refractivity contribution in [2.45, 2.75) is 25.7 Å². The fourth-order valence-electron chi connectivity index (χ4n) is 2.09. The summed E-state index contributed by atoms with van der Waals surface area (Å²) in [6.07, 6.45) is 0. The van der Waals surface area contributed by atoms with E-state index in [0.717, 1.165) is 5.56 Å². The van der Waals surface area contributed by atoms with Crippen LogP contribution in [0.3, 0.4) is 0 Å². The second kappa shape index (κ2) is 7.89. The van der Waals surface area contributed by atoms with E-state index in [4.69, 9.17) is 11.6 Å². The number of sulfonamides is 1.